The van der Waals surface area contributed by atoms with E-state index < -0.39 is 21.9 Å². The highest BCUT2D eigenvalue weighted by atomic mass is 35.5. The lowest BCUT2D eigenvalue weighted by molar-refractivity contribution is -0.383. The highest BCUT2D eigenvalue weighted by Gasteiger charge is 2.39. The average molecular weight is 480 g/mol. The number of carbonyl (C=O) groups is 1. The molecule has 12 heteroatoms. The summed E-state index contributed by atoms with van der Waals surface area (Å²) in [5, 5.41) is 35.0. The third-order valence-corrected chi connectivity index (χ3v) is 5.62. The topological polar surface area (TPSA) is 151 Å². The summed E-state index contributed by atoms with van der Waals surface area (Å²) in [5.41, 5.74) is -1.94. The van der Waals surface area contributed by atoms with Gasteiger partial charge in [0.25, 0.3) is 0 Å². The van der Waals surface area contributed by atoms with Gasteiger partial charge in [-0.15, -0.1) is 0 Å². The predicted octanol–water partition coefficient (Wildman–Crippen LogP) is 3.62. The summed E-state index contributed by atoms with van der Waals surface area (Å²) in [6, 6.07) is 6.39. The number of anilines is 3. The summed E-state index contributed by atoms with van der Waals surface area (Å²) in [7, 11) is 0. The third kappa shape index (κ3) is 5.99. The summed E-state index contributed by atoms with van der Waals surface area (Å²) in [4.78, 5) is 33.2. The number of hydrogen-bond acceptors (Lipinski definition) is 9. The van der Waals surface area contributed by atoms with Crippen LogP contribution in [0.25, 0.3) is 0 Å². The van der Waals surface area contributed by atoms with Gasteiger partial charge in [-0.1, -0.05) is 11.6 Å². The molecule has 3 rings (SSSR count). The molecule has 0 bridgehead atoms. The highest BCUT2D eigenvalue weighted by molar-refractivity contribution is 6.30. The number of rotatable bonds is 8. The van der Waals surface area contributed by atoms with E-state index in [-0.39, 0.29) is 43.0 Å². The number of hydrogen-bond donors (Lipinski definition) is 3. The van der Waals surface area contributed by atoms with Crippen LogP contribution in [0.5, 0.6) is 6.01 Å². The van der Waals surface area contributed by atoms with Gasteiger partial charge >= 0.3 is 17.7 Å². The minimum Gasteiger partial charge on any atom is -0.481 e. The van der Waals surface area contributed by atoms with Gasteiger partial charge in [0.1, 0.15) is 6.61 Å². The van der Waals surface area contributed by atoms with Crippen LogP contribution in [0.2, 0.25) is 5.02 Å². The molecule has 0 amide bonds. The zero-order chi connectivity index (χ0) is 24.4. The number of nitrogens with zero attached hydrogens (tertiary/aromatic N) is 4. The minimum atomic E-state index is -1.18. The van der Waals surface area contributed by atoms with Crippen molar-refractivity contribution in [3.05, 3.63) is 39.4 Å². The molecule has 3 N–H and O–H groups in total. The second-order valence-corrected chi connectivity index (χ2v) is 9.31. The van der Waals surface area contributed by atoms with Crippen molar-refractivity contribution in [3.8, 4) is 6.01 Å². The Morgan fingerprint density at radius 2 is 1.91 bits per heavy atom. The van der Waals surface area contributed by atoms with Gasteiger partial charge in [0, 0.05) is 23.8 Å². The molecular weight excluding hydrogens is 454 g/mol. The van der Waals surface area contributed by atoms with Gasteiger partial charge in [-0.05, 0) is 57.9 Å². The van der Waals surface area contributed by atoms with Crippen LogP contribution in [0.1, 0.15) is 33.6 Å². The zero-order valence-electron chi connectivity index (χ0n) is 18.5. The molecule has 0 atom stereocenters. The van der Waals surface area contributed by atoms with Crippen LogP contribution in [-0.2, 0) is 4.79 Å². The molecule has 2 aromatic rings. The van der Waals surface area contributed by atoms with Gasteiger partial charge < -0.3 is 25.2 Å². The Bertz CT molecular complexity index is 1030. The number of nitro groups is 1. The normalized spacial score (nSPS) is 15.7. The predicted molar refractivity (Wildman–Crippen MR) is 122 cm³/mol. The fourth-order valence-corrected chi connectivity index (χ4v) is 3.43. The molecule has 1 aromatic heterocycles. The van der Waals surface area contributed by atoms with Gasteiger partial charge in [-0.3, -0.25) is 14.9 Å². The standard InChI is InChI=1S/C21H26ClN5O6/c1-20(2,30)12-33-19-24-16(23-14-6-4-13(22)5-7-14)15(27(31)32)17(25-19)26-10-8-21(3,9-11-26)18(28)29/h4-7,30H,8-12H2,1-3H3,(H,28,29)(H,23,24,25). The van der Waals surface area contributed by atoms with E-state index in [9.17, 15) is 25.1 Å². The first-order valence-electron chi connectivity index (χ1n) is 10.3. The smallest absolute Gasteiger partial charge is 0.354 e. The Kier molecular flexibility index (Phi) is 6.94. The first-order valence-corrected chi connectivity index (χ1v) is 10.7. The Morgan fingerprint density at radius 1 is 1.30 bits per heavy atom. The fourth-order valence-electron chi connectivity index (χ4n) is 3.30. The van der Waals surface area contributed by atoms with Gasteiger partial charge in [-0.25, -0.2) is 0 Å². The number of aromatic nitrogens is 2. The molecule has 1 aliphatic rings. The molecule has 1 aliphatic heterocycles. The van der Waals surface area contributed by atoms with Crippen molar-refractivity contribution >= 4 is 40.6 Å². The molecule has 11 nitrogen and oxygen atoms in total. The van der Waals surface area contributed by atoms with Crippen LogP contribution in [0.3, 0.4) is 0 Å². The molecular formula is C21H26ClN5O6. The molecule has 0 aliphatic carbocycles. The van der Waals surface area contributed by atoms with E-state index in [1.807, 2.05) is 0 Å². The first kappa shape index (κ1) is 24.5. The molecule has 1 aromatic carbocycles. The van der Waals surface area contributed by atoms with Gasteiger partial charge in [0.15, 0.2) is 0 Å². The third-order valence-electron chi connectivity index (χ3n) is 5.37. The van der Waals surface area contributed by atoms with Crippen molar-refractivity contribution in [2.24, 2.45) is 5.41 Å². The number of benzene rings is 1. The van der Waals surface area contributed by atoms with Crippen LogP contribution in [0.15, 0.2) is 24.3 Å². The van der Waals surface area contributed by atoms with Crippen molar-refractivity contribution in [1.29, 1.82) is 0 Å². The monoisotopic (exact) mass is 479 g/mol. The lowest BCUT2D eigenvalue weighted by Crippen LogP contribution is -2.43. The van der Waals surface area contributed by atoms with E-state index in [1.165, 1.54) is 0 Å². The maximum Gasteiger partial charge on any atom is 0.354 e. The van der Waals surface area contributed by atoms with Gasteiger partial charge in [0.05, 0.1) is 15.9 Å². The summed E-state index contributed by atoms with van der Waals surface area (Å²) >= 11 is 5.92. The van der Waals surface area contributed by atoms with Crippen LogP contribution >= 0.6 is 11.6 Å². The zero-order valence-corrected chi connectivity index (χ0v) is 19.3. The molecule has 1 fully saturated rings. The van der Waals surface area contributed by atoms with Crippen molar-refractivity contribution in [2.75, 3.05) is 29.9 Å². The van der Waals surface area contributed by atoms with Crippen molar-refractivity contribution < 1.29 is 24.7 Å². The first-order chi connectivity index (χ1) is 15.4. The number of carboxylic acids is 1. The molecule has 1 saturated heterocycles. The molecule has 0 spiro atoms. The number of nitrogens with one attached hydrogen (secondary N) is 1. The van der Waals surface area contributed by atoms with E-state index in [4.69, 9.17) is 16.3 Å². The average Bonchev–Trinajstić information content (AvgIpc) is 2.73. The molecule has 2 heterocycles. The second kappa shape index (κ2) is 9.36. The number of halogens is 1. The molecule has 178 valence electrons. The van der Waals surface area contributed by atoms with E-state index in [2.05, 4.69) is 15.3 Å². The highest BCUT2D eigenvalue weighted by Crippen LogP contribution is 2.40. The lowest BCUT2D eigenvalue weighted by Gasteiger charge is -2.36. The van der Waals surface area contributed by atoms with E-state index in [0.29, 0.717) is 23.6 Å². The number of piperidine rings is 1. The Hall–Kier alpha value is -3.18. The largest absolute Gasteiger partial charge is 0.481 e. The van der Waals surface area contributed by atoms with Crippen molar-refractivity contribution in [2.45, 2.75) is 39.2 Å². The minimum absolute atomic E-state index is 0.0182. The lowest BCUT2D eigenvalue weighted by atomic mass is 9.80. The quantitative estimate of drug-likeness (QED) is 0.378. The van der Waals surface area contributed by atoms with Crippen LogP contribution < -0.4 is 15.0 Å². The van der Waals surface area contributed by atoms with Crippen molar-refractivity contribution in [1.82, 2.24) is 9.97 Å². The number of carboxylic acid groups (broad SMARTS) is 1. The summed E-state index contributed by atoms with van der Waals surface area (Å²) in [6.45, 7) is 5.12. The van der Waals surface area contributed by atoms with Crippen LogP contribution in [0.4, 0.5) is 23.0 Å². The van der Waals surface area contributed by atoms with Gasteiger partial charge in [-0.2, -0.15) is 9.97 Å². The van der Waals surface area contributed by atoms with Crippen molar-refractivity contribution in [3.63, 3.8) is 0 Å². The summed E-state index contributed by atoms with van der Waals surface area (Å²) in [6.07, 6.45) is 0.590. The Balaban J connectivity index is 2.02. The molecule has 0 unspecified atom stereocenters. The van der Waals surface area contributed by atoms with E-state index in [0.717, 1.165) is 0 Å². The fraction of sp³-hybridized carbons (Fsp3) is 0.476. The van der Waals surface area contributed by atoms with Crippen LogP contribution in [-0.4, -0.2) is 56.4 Å². The molecule has 0 saturated carbocycles. The number of aliphatic hydroxyl groups is 1. The Labute approximate surface area is 195 Å². The summed E-state index contributed by atoms with van der Waals surface area (Å²) in [5.74, 6) is -0.979. The maximum atomic E-state index is 12.1. The Morgan fingerprint density at radius 3 is 2.42 bits per heavy atom. The van der Waals surface area contributed by atoms with Crippen LogP contribution in [0, 0.1) is 15.5 Å². The number of ether oxygens (including phenoxy) is 1. The molecule has 33 heavy (non-hydrogen) atoms. The van der Waals surface area contributed by atoms with E-state index in [1.54, 1.807) is 49.9 Å². The summed E-state index contributed by atoms with van der Waals surface area (Å²) < 4.78 is 5.54. The van der Waals surface area contributed by atoms with Gasteiger partial charge in [0.2, 0.25) is 11.6 Å². The van der Waals surface area contributed by atoms with E-state index >= 15 is 0 Å². The SMILES string of the molecule is CC(C)(O)COc1nc(Nc2ccc(Cl)cc2)c([N+](=O)[O-])c(N2CCC(C)(C(=O)O)CC2)n1. The number of aliphatic carboxylic acids is 1. The second-order valence-electron chi connectivity index (χ2n) is 8.87. The molecule has 0 radical (unpaired) electrons. The maximum absolute atomic E-state index is 12.1.